The molecule has 0 radical (unpaired) electrons. The Hall–Kier alpha value is -1.83. The zero-order valence-electron chi connectivity index (χ0n) is 18.7. The molecule has 164 valence electrons. The topological polar surface area (TPSA) is 67.4 Å². The molecule has 0 aromatic heterocycles. The largest absolute Gasteiger partial charge is 0.491 e. The number of nitrogens with zero attached hydrogens (tertiary/aromatic N) is 2. The molecule has 1 aliphatic rings. The summed E-state index contributed by atoms with van der Waals surface area (Å²) in [5, 5.41) is 6.79. The highest BCUT2D eigenvalue weighted by molar-refractivity contribution is 5.79. The van der Waals surface area contributed by atoms with Crippen molar-refractivity contribution in [2.75, 3.05) is 53.6 Å². The van der Waals surface area contributed by atoms with Crippen LogP contribution < -0.4 is 15.4 Å². The van der Waals surface area contributed by atoms with Crippen molar-refractivity contribution in [3.8, 4) is 5.75 Å². The zero-order valence-corrected chi connectivity index (χ0v) is 18.7. The molecule has 0 amide bonds. The predicted octanol–water partition coefficient (Wildman–Crippen LogP) is 2.18. The molecule has 2 rings (SSSR count). The van der Waals surface area contributed by atoms with Gasteiger partial charge < -0.3 is 24.8 Å². The van der Waals surface area contributed by atoms with Gasteiger partial charge in [-0.2, -0.15) is 0 Å². The molecule has 1 heterocycles. The van der Waals surface area contributed by atoms with Gasteiger partial charge in [0.25, 0.3) is 0 Å². The van der Waals surface area contributed by atoms with E-state index in [2.05, 4.69) is 59.5 Å². The van der Waals surface area contributed by atoms with E-state index < -0.39 is 0 Å². The van der Waals surface area contributed by atoms with Crippen LogP contribution in [0, 0.1) is 6.92 Å². The lowest BCUT2D eigenvalue weighted by atomic mass is 10.1. The van der Waals surface area contributed by atoms with Crippen LogP contribution >= 0.6 is 0 Å². The van der Waals surface area contributed by atoms with Crippen LogP contribution in [0.25, 0.3) is 0 Å². The second-order valence-corrected chi connectivity index (χ2v) is 7.68. The van der Waals surface area contributed by atoms with Crippen molar-refractivity contribution in [3.63, 3.8) is 0 Å². The van der Waals surface area contributed by atoms with Crippen molar-refractivity contribution in [1.29, 1.82) is 0 Å². The number of hydrogen-bond acceptors (Lipinski definition) is 5. The molecular formula is C22H38N4O3. The molecule has 1 aromatic rings. The van der Waals surface area contributed by atoms with Crippen molar-refractivity contribution in [1.82, 2.24) is 15.5 Å². The first-order valence-electron chi connectivity index (χ1n) is 10.6. The Kier molecular flexibility index (Phi) is 10.2. The third kappa shape index (κ3) is 8.60. The van der Waals surface area contributed by atoms with Gasteiger partial charge in [-0.05, 0) is 38.8 Å². The zero-order chi connectivity index (χ0) is 21.1. The van der Waals surface area contributed by atoms with Crippen LogP contribution in [0.3, 0.4) is 0 Å². The summed E-state index contributed by atoms with van der Waals surface area (Å²) in [6, 6.07) is 6.26. The molecule has 0 spiro atoms. The van der Waals surface area contributed by atoms with Gasteiger partial charge in [-0.25, -0.2) is 0 Å². The molecule has 0 aliphatic carbocycles. The number of methoxy groups -OCH3 is 1. The van der Waals surface area contributed by atoms with E-state index in [1.807, 2.05) is 0 Å². The summed E-state index contributed by atoms with van der Waals surface area (Å²) in [5.41, 5.74) is 2.28. The van der Waals surface area contributed by atoms with E-state index in [0.29, 0.717) is 32.0 Å². The Morgan fingerprint density at radius 3 is 2.66 bits per heavy atom. The van der Waals surface area contributed by atoms with Crippen LogP contribution in [0.2, 0.25) is 0 Å². The minimum Gasteiger partial charge on any atom is -0.491 e. The molecule has 0 bridgehead atoms. The maximum Gasteiger partial charge on any atom is 0.191 e. The Balaban J connectivity index is 1.74. The molecular weight excluding hydrogens is 368 g/mol. The summed E-state index contributed by atoms with van der Waals surface area (Å²) in [7, 11) is 3.48. The minimum atomic E-state index is 0.316. The minimum absolute atomic E-state index is 0.316. The number of aliphatic imine (C=N–C) groups is 1. The Bertz CT molecular complexity index is 628. The predicted molar refractivity (Wildman–Crippen MR) is 118 cm³/mol. The quantitative estimate of drug-likeness (QED) is 0.353. The summed E-state index contributed by atoms with van der Waals surface area (Å²) in [6.45, 7) is 12.1. The number of benzene rings is 1. The van der Waals surface area contributed by atoms with Gasteiger partial charge in [0.15, 0.2) is 5.96 Å². The van der Waals surface area contributed by atoms with Crippen LogP contribution in [0.4, 0.5) is 0 Å². The van der Waals surface area contributed by atoms with Gasteiger partial charge in [0.2, 0.25) is 0 Å². The molecule has 0 saturated carbocycles. The maximum atomic E-state index is 5.87. The fourth-order valence-corrected chi connectivity index (χ4v) is 3.55. The Labute approximate surface area is 175 Å². The average molecular weight is 407 g/mol. The lowest BCUT2D eigenvalue weighted by Gasteiger charge is -2.35. The van der Waals surface area contributed by atoms with Crippen molar-refractivity contribution in [2.45, 2.75) is 45.9 Å². The fourth-order valence-electron chi connectivity index (χ4n) is 3.55. The van der Waals surface area contributed by atoms with E-state index in [-0.39, 0.29) is 0 Å². The maximum absolute atomic E-state index is 5.87. The number of aryl methyl sites for hydroxylation is 1. The first kappa shape index (κ1) is 23.4. The van der Waals surface area contributed by atoms with Gasteiger partial charge in [-0.1, -0.05) is 12.1 Å². The molecule has 29 heavy (non-hydrogen) atoms. The van der Waals surface area contributed by atoms with E-state index in [9.17, 15) is 0 Å². The molecule has 7 nitrogen and oxygen atoms in total. The number of morpholine rings is 1. The number of rotatable bonds is 10. The molecule has 1 aromatic carbocycles. The van der Waals surface area contributed by atoms with Crippen molar-refractivity contribution >= 4 is 5.96 Å². The van der Waals surface area contributed by atoms with E-state index >= 15 is 0 Å². The molecule has 7 heteroatoms. The third-order valence-electron chi connectivity index (χ3n) is 4.88. The molecule has 1 saturated heterocycles. The van der Waals surface area contributed by atoms with Crippen LogP contribution in [0.5, 0.6) is 5.75 Å². The standard InChI is InChI=1S/C22H38N4O3/c1-17-7-8-20(21(13-17)28-12-11-27-5)14-25-22(23-4)24-9-6-10-26-15-18(2)29-19(3)16-26/h7-8,13,18-19H,6,9-12,14-16H2,1-5H3,(H2,23,24,25). The fraction of sp³-hybridized carbons (Fsp3) is 0.682. The summed E-state index contributed by atoms with van der Waals surface area (Å²) in [6.07, 6.45) is 1.70. The average Bonchev–Trinajstić information content (AvgIpc) is 2.68. The SMILES string of the molecule is CN=C(NCCCN1CC(C)OC(C)C1)NCc1ccc(C)cc1OCCOC. The summed E-state index contributed by atoms with van der Waals surface area (Å²) in [5.74, 6) is 1.69. The van der Waals surface area contributed by atoms with Crippen molar-refractivity contribution < 1.29 is 14.2 Å². The van der Waals surface area contributed by atoms with Gasteiger partial charge in [-0.3, -0.25) is 9.89 Å². The third-order valence-corrected chi connectivity index (χ3v) is 4.88. The number of nitrogens with one attached hydrogen (secondary N) is 2. The van der Waals surface area contributed by atoms with E-state index in [1.54, 1.807) is 14.2 Å². The molecule has 2 N–H and O–H groups in total. The smallest absolute Gasteiger partial charge is 0.191 e. The second kappa shape index (κ2) is 12.7. The number of guanidine groups is 1. The van der Waals surface area contributed by atoms with Crippen LogP contribution in [-0.4, -0.2) is 76.6 Å². The molecule has 2 atom stereocenters. The van der Waals surface area contributed by atoms with Gasteiger partial charge in [0.05, 0.1) is 18.8 Å². The normalized spacial score (nSPS) is 20.5. The van der Waals surface area contributed by atoms with Gasteiger partial charge >= 0.3 is 0 Å². The van der Waals surface area contributed by atoms with Gasteiger partial charge in [0.1, 0.15) is 12.4 Å². The van der Waals surface area contributed by atoms with E-state index in [1.165, 1.54) is 5.56 Å². The molecule has 1 aliphatic heterocycles. The van der Waals surface area contributed by atoms with Crippen LogP contribution in [-0.2, 0) is 16.0 Å². The Morgan fingerprint density at radius 2 is 1.97 bits per heavy atom. The van der Waals surface area contributed by atoms with Crippen LogP contribution in [0.1, 0.15) is 31.4 Å². The summed E-state index contributed by atoms with van der Waals surface area (Å²) >= 11 is 0. The highest BCUT2D eigenvalue weighted by atomic mass is 16.5. The van der Waals surface area contributed by atoms with E-state index in [0.717, 1.165) is 49.9 Å². The van der Waals surface area contributed by atoms with Crippen molar-refractivity contribution in [2.24, 2.45) is 4.99 Å². The number of hydrogen-bond donors (Lipinski definition) is 2. The molecule has 1 fully saturated rings. The van der Waals surface area contributed by atoms with Gasteiger partial charge in [-0.15, -0.1) is 0 Å². The summed E-state index contributed by atoms with van der Waals surface area (Å²) in [4.78, 5) is 6.81. The van der Waals surface area contributed by atoms with Crippen LogP contribution in [0.15, 0.2) is 23.2 Å². The lowest BCUT2D eigenvalue weighted by Crippen LogP contribution is -2.46. The Morgan fingerprint density at radius 1 is 1.21 bits per heavy atom. The van der Waals surface area contributed by atoms with Gasteiger partial charge in [0, 0.05) is 52.4 Å². The van der Waals surface area contributed by atoms with E-state index in [4.69, 9.17) is 14.2 Å². The second-order valence-electron chi connectivity index (χ2n) is 7.68. The first-order valence-corrected chi connectivity index (χ1v) is 10.6. The highest BCUT2D eigenvalue weighted by Crippen LogP contribution is 2.20. The highest BCUT2D eigenvalue weighted by Gasteiger charge is 2.21. The molecule has 2 unspecified atom stereocenters. The summed E-state index contributed by atoms with van der Waals surface area (Å²) < 4.78 is 16.7. The monoisotopic (exact) mass is 406 g/mol. The number of ether oxygens (including phenoxy) is 3. The van der Waals surface area contributed by atoms with Crippen molar-refractivity contribution in [3.05, 3.63) is 29.3 Å². The lowest BCUT2D eigenvalue weighted by molar-refractivity contribution is -0.0679. The first-order chi connectivity index (χ1) is 14.0.